The molecular weight excluding hydrogens is 156 g/mol. The van der Waals surface area contributed by atoms with Gasteiger partial charge in [0.15, 0.2) is 0 Å². The lowest BCUT2D eigenvalue weighted by Gasteiger charge is -2.15. The van der Waals surface area contributed by atoms with Gasteiger partial charge in [-0.25, -0.2) is 0 Å². The van der Waals surface area contributed by atoms with E-state index in [9.17, 15) is 0 Å². The first-order valence-corrected chi connectivity index (χ1v) is 5.34. The van der Waals surface area contributed by atoms with Gasteiger partial charge in [-0.3, -0.25) is 0 Å². The van der Waals surface area contributed by atoms with Gasteiger partial charge in [0.1, 0.15) is 0 Å². The van der Waals surface area contributed by atoms with E-state index < -0.39 is 0 Å². The quantitative estimate of drug-likeness (QED) is 0.399. The summed E-state index contributed by atoms with van der Waals surface area (Å²) in [5, 5.41) is 0. The van der Waals surface area contributed by atoms with Crippen LogP contribution >= 0.6 is 33.8 Å². The molecule has 1 aliphatic heterocycles. The Labute approximate surface area is 63.2 Å². The van der Waals surface area contributed by atoms with E-state index in [0.717, 1.165) is 12.3 Å². The molecule has 1 aliphatic rings. The van der Waals surface area contributed by atoms with E-state index in [-0.39, 0.29) is 0 Å². The molecule has 0 aliphatic carbocycles. The molecule has 0 bridgehead atoms. The van der Waals surface area contributed by atoms with Crippen molar-refractivity contribution in [3.05, 3.63) is 0 Å². The lowest BCUT2D eigenvalue weighted by atomic mass is 10.2. The molecule has 0 saturated carbocycles. The molecule has 0 aromatic carbocycles. The molecule has 0 aromatic heterocycles. The molecule has 0 aromatic rings. The van der Waals surface area contributed by atoms with Crippen LogP contribution in [0.25, 0.3) is 0 Å². The Kier molecular flexibility index (Phi) is 2.66. The highest BCUT2D eigenvalue weighted by molar-refractivity contribution is 8.83. The van der Waals surface area contributed by atoms with E-state index in [1.54, 1.807) is 10.8 Å². The Balaban J connectivity index is 2.34. The maximum Gasteiger partial charge on any atom is 0.0590 e. The monoisotopic (exact) mass is 164 g/mol. The van der Waals surface area contributed by atoms with Gasteiger partial charge in [-0.15, -0.1) is 0 Å². The predicted molar refractivity (Wildman–Crippen MR) is 46.4 cm³/mol. The summed E-state index contributed by atoms with van der Waals surface area (Å²) in [7, 11) is 3.66. The molecule has 1 unspecified atom stereocenters. The first kappa shape index (κ1) is 6.90. The molecule has 1 rings (SSSR count). The summed E-state index contributed by atoms with van der Waals surface area (Å²) < 4.78 is 1.17. The minimum atomic E-state index is 0.814. The van der Waals surface area contributed by atoms with E-state index in [2.05, 4.69) is 6.92 Å². The molecule has 1 atom stereocenters. The SMILES string of the molecule is CC1CSSC(=S)C1. The van der Waals surface area contributed by atoms with E-state index in [0.29, 0.717) is 0 Å². The molecule has 0 amide bonds. The normalized spacial score (nSPS) is 30.6. The van der Waals surface area contributed by atoms with Crippen molar-refractivity contribution in [1.82, 2.24) is 0 Å². The van der Waals surface area contributed by atoms with Crippen molar-refractivity contribution in [2.24, 2.45) is 5.92 Å². The molecule has 1 fully saturated rings. The van der Waals surface area contributed by atoms with Crippen LogP contribution in [-0.4, -0.2) is 9.95 Å². The lowest BCUT2D eigenvalue weighted by Crippen LogP contribution is -2.06. The third-order valence-corrected chi connectivity index (χ3v) is 4.29. The van der Waals surface area contributed by atoms with E-state index in [4.69, 9.17) is 12.2 Å². The van der Waals surface area contributed by atoms with E-state index >= 15 is 0 Å². The highest BCUT2D eigenvalue weighted by Crippen LogP contribution is 2.34. The van der Waals surface area contributed by atoms with Crippen molar-refractivity contribution in [3.8, 4) is 0 Å². The van der Waals surface area contributed by atoms with Crippen LogP contribution in [0.15, 0.2) is 0 Å². The molecule has 0 radical (unpaired) electrons. The molecule has 3 heteroatoms. The van der Waals surface area contributed by atoms with Crippen LogP contribution in [0.3, 0.4) is 0 Å². The van der Waals surface area contributed by atoms with Gasteiger partial charge in [-0.1, -0.05) is 40.7 Å². The fraction of sp³-hybridized carbons (Fsp3) is 0.800. The van der Waals surface area contributed by atoms with Gasteiger partial charge in [0, 0.05) is 5.75 Å². The molecule has 46 valence electrons. The summed E-state index contributed by atoms with van der Waals surface area (Å²) in [6.07, 6.45) is 1.15. The molecule has 0 spiro atoms. The van der Waals surface area contributed by atoms with Crippen LogP contribution in [0.1, 0.15) is 13.3 Å². The number of hydrogen-bond donors (Lipinski definition) is 0. The summed E-state index contributed by atoms with van der Waals surface area (Å²) in [6, 6.07) is 0. The van der Waals surface area contributed by atoms with Crippen LogP contribution in [0, 0.1) is 5.92 Å². The third-order valence-electron chi connectivity index (χ3n) is 1.02. The highest BCUT2D eigenvalue weighted by Gasteiger charge is 2.12. The van der Waals surface area contributed by atoms with Crippen molar-refractivity contribution in [1.29, 1.82) is 0 Å². The molecule has 0 N–H and O–H groups in total. The largest absolute Gasteiger partial charge is 0.0881 e. The average Bonchev–Trinajstić information content (AvgIpc) is 1.64. The summed E-state index contributed by atoms with van der Waals surface area (Å²) in [4.78, 5) is 0. The summed E-state index contributed by atoms with van der Waals surface area (Å²) in [5.74, 6) is 2.08. The van der Waals surface area contributed by atoms with E-state index in [1.807, 2.05) is 10.8 Å². The number of hydrogen-bond acceptors (Lipinski definition) is 3. The number of rotatable bonds is 0. The Bertz CT molecular complexity index is 99.8. The zero-order valence-electron chi connectivity index (χ0n) is 4.72. The predicted octanol–water partition coefficient (Wildman–Crippen LogP) is 2.74. The molecular formula is C5H8S3. The zero-order chi connectivity index (χ0) is 5.98. The Morgan fingerprint density at radius 1 is 1.75 bits per heavy atom. The Morgan fingerprint density at radius 2 is 2.50 bits per heavy atom. The van der Waals surface area contributed by atoms with Crippen LogP contribution in [-0.2, 0) is 0 Å². The van der Waals surface area contributed by atoms with Crippen molar-refractivity contribution >= 4 is 38.0 Å². The van der Waals surface area contributed by atoms with Crippen molar-refractivity contribution in [3.63, 3.8) is 0 Å². The average molecular weight is 164 g/mol. The fourth-order valence-corrected chi connectivity index (χ4v) is 3.71. The van der Waals surface area contributed by atoms with Crippen LogP contribution in [0.2, 0.25) is 0 Å². The minimum absolute atomic E-state index is 0.814. The van der Waals surface area contributed by atoms with Gasteiger partial charge in [0.25, 0.3) is 0 Å². The second-order valence-electron chi connectivity index (χ2n) is 2.05. The summed E-state index contributed by atoms with van der Waals surface area (Å²) in [5.41, 5.74) is 0. The Morgan fingerprint density at radius 3 is 2.88 bits per heavy atom. The highest BCUT2D eigenvalue weighted by atomic mass is 33.1. The maximum atomic E-state index is 5.02. The summed E-state index contributed by atoms with van der Waals surface area (Å²) in [6.45, 7) is 2.25. The van der Waals surface area contributed by atoms with Crippen molar-refractivity contribution < 1.29 is 0 Å². The first-order valence-electron chi connectivity index (χ1n) is 2.61. The second-order valence-corrected chi connectivity index (χ2v) is 5.24. The lowest BCUT2D eigenvalue weighted by molar-refractivity contribution is 0.705. The third kappa shape index (κ3) is 1.96. The van der Waals surface area contributed by atoms with Gasteiger partial charge >= 0.3 is 0 Å². The fourth-order valence-electron chi connectivity index (χ4n) is 0.593. The maximum absolute atomic E-state index is 5.02. The first-order chi connectivity index (χ1) is 3.79. The van der Waals surface area contributed by atoms with Gasteiger partial charge in [-0.2, -0.15) is 0 Å². The smallest absolute Gasteiger partial charge is 0.0590 e. The van der Waals surface area contributed by atoms with Crippen LogP contribution in [0.4, 0.5) is 0 Å². The molecule has 1 saturated heterocycles. The van der Waals surface area contributed by atoms with Gasteiger partial charge in [0.05, 0.1) is 4.20 Å². The van der Waals surface area contributed by atoms with Crippen LogP contribution in [0.5, 0.6) is 0 Å². The van der Waals surface area contributed by atoms with Crippen LogP contribution < -0.4 is 0 Å². The minimum Gasteiger partial charge on any atom is -0.0881 e. The summed E-state index contributed by atoms with van der Waals surface area (Å²) >= 11 is 5.02. The van der Waals surface area contributed by atoms with Crippen molar-refractivity contribution in [2.45, 2.75) is 13.3 Å². The number of thiocarbonyl (C=S) groups is 1. The molecule has 8 heavy (non-hydrogen) atoms. The zero-order valence-corrected chi connectivity index (χ0v) is 7.17. The molecule has 1 heterocycles. The molecule has 0 nitrogen and oxygen atoms in total. The second kappa shape index (κ2) is 3.08. The topological polar surface area (TPSA) is 0 Å². The van der Waals surface area contributed by atoms with Gasteiger partial charge < -0.3 is 0 Å². The standard InChI is InChI=1S/C5H8S3/c1-4-2-5(6)8-7-3-4/h4H,2-3H2,1H3. The van der Waals surface area contributed by atoms with E-state index in [1.165, 1.54) is 9.95 Å². The van der Waals surface area contributed by atoms with Gasteiger partial charge in [0.2, 0.25) is 0 Å². The Hall–Kier alpha value is 0.790. The van der Waals surface area contributed by atoms with Gasteiger partial charge in [-0.05, 0) is 12.3 Å². The van der Waals surface area contributed by atoms with Crippen molar-refractivity contribution in [2.75, 3.05) is 5.75 Å².